The van der Waals surface area contributed by atoms with Crippen LogP contribution >= 0.6 is 0 Å². The van der Waals surface area contributed by atoms with Gasteiger partial charge in [0.25, 0.3) is 0 Å². The van der Waals surface area contributed by atoms with Gasteiger partial charge in [0.2, 0.25) is 11.8 Å². The van der Waals surface area contributed by atoms with E-state index in [4.69, 9.17) is 4.74 Å². The molecule has 108 valence electrons. The van der Waals surface area contributed by atoms with Crippen molar-refractivity contribution in [3.8, 4) is 0 Å². The second kappa shape index (κ2) is 6.34. The van der Waals surface area contributed by atoms with Crippen LogP contribution in [0.1, 0.15) is 19.3 Å². The summed E-state index contributed by atoms with van der Waals surface area (Å²) in [4.78, 5) is 27.6. The Hall–Kier alpha value is -1.14. The molecule has 2 heterocycles. The molecule has 2 rings (SSSR count). The largest absolute Gasteiger partial charge is 0.393 e. The summed E-state index contributed by atoms with van der Waals surface area (Å²) >= 11 is 0. The van der Waals surface area contributed by atoms with E-state index in [0.29, 0.717) is 52.0 Å². The van der Waals surface area contributed by atoms with Crippen molar-refractivity contribution in [3.05, 3.63) is 0 Å². The normalized spacial score (nSPS) is 25.2. The maximum Gasteiger partial charge on any atom is 0.227 e. The summed E-state index contributed by atoms with van der Waals surface area (Å²) in [6, 6.07) is 0. The van der Waals surface area contributed by atoms with E-state index in [2.05, 4.69) is 0 Å². The number of carbonyl (C=O) groups is 2. The van der Waals surface area contributed by atoms with Crippen LogP contribution in [0.3, 0.4) is 0 Å². The van der Waals surface area contributed by atoms with Crippen molar-refractivity contribution in [2.75, 3.05) is 39.9 Å². The first-order valence-corrected chi connectivity index (χ1v) is 6.85. The summed E-state index contributed by atoms with van der Waals surface area (Å²) in [5.74, 6) is -0.132. The zero-order valence-corrected chi connectivity index (χ0v) is 11.4. The first-order chi connectivity index (χ1) is 9.11. The minimum Gasteiger partial charge on any atom is -0.393 e. The van der Waals surface area contributed by atoms with E-state index in [-0.39, 0.29) is 23.8 Å². The van der Waals surface area contributed by atoms with Crippen molar-refractivity contribution in [1.29, 1.82) is 0 Å². The van der Waals surface area contributed by atoms with E-state index in [1.54, 1.807) is 16.9 Å². The third-order valence-electron chi connectivity index (χ3n) is 3.91. The number of aliphatic hydroxyl groups is 1. The van der Waals surface area contributed by atoms with Gasteiger partial charge in [-0.15, -0.1) is 0 Å². The molecule has 0 aromatic heterocycles. The van der Waals surface area contributed by atoms with Crippen LogP contribution in [0.2, 0.25) is 0 Å². The van der Waals surface area contributed by atoms with Crippen molar-refractivity contribution in [3.63, 3.8) is 0 Å². The van der Waals surface area contributed by atoms with Crippen molar-refractivity contribution < 1.29 is 19.4 Å². The van der Waals surface area contributed by atoms with Gasteiger partial charge in [-0.3, -0.25) is 9.59 Å². The summed E-state index contributed by atoms with van der Waals surface area (Å²) < 4.78 is 4.96. The summed E-state index contributed by atoms with van der Waals surface area (Å²) in [5, 5.41) is 9.44. The topological polar surface area (TPSA) is 70.1 Å². The highest BCUT2D eigenvalue weighted by Crippen LogP contribution is 2.22. The molecule has 0 radical (unpaired) electrons. The van der Waals surface area contributed by atoms with Crippen LogP contribution in [-0.2, 0) is 14.3 Å². The zero-order valence-electron chi connectivity index (χ0n) is 11.4. The summed E-state index contributed by atoms with van der Waals surface area (Å²) in [6.07, 6.45) is 1.30. The maximum atomic E-state index is 12.3. The highest BCUT2D eigenvalue weighted by atomic mass is 16.5. The first-order valence-electron chi connectivity index (χ1n) is 6.85. The molecule has 0 spiro atoms. The van der Waals surface area contributed by atoms with E-state index in [9.17, 15) is 14.7 Å². The molecule has 19 heavy (non-hydrogen) atoms. The molecule has 0 aliphatic carbocycles. The van der Waals surface area contributed by atoms with Crippen LogP contribution in [0.4, 0.5) is 0 Å². The maximum absolute atomic E-state index is 12.3. The molecule has 6 heteroatoms. The summed E-state index contributed by atoms with van der Waals surface area (Å²) in [7, 11) is 1.60. The smallest absolute Gasteiger partial charge is 0.227 e. The lowest BCUT2D eigenvalue weighted by atomic mass is 10.0. The lowest BCUT2D eigenvalue weighted by molar-refractivity contribution is -0.137. The molecule has 2 amide bonds. The highest BCUT2D eigenvalue weighted by Gasteiger charge is 2.36. The molecule has 2 fully saturated rings. The van der Waals surface area contributed by atoms with Crippen LogP contribution in [0.15, 0.2) is 0 Å². The van der Waals surface area contributed by atoms with Crippen LogP contribution in [-0.4, -0.2) is 72.7 Å². The third-order valence-corrected chi connectivity index (χ3v) is 3.91. The van der Waals surface area contributed by atoms with E-state index in [0.717, 1.165) is 0 Å². The molecule has 6 nitrogen and oxygen atoms in total. The fraction of sp³-hybridized carbons (Fsp3) is 0.846. The van der Waals surface area contributed by atoms with Gasteiger partial charge in [0.15, 0.2) is 0 Å². The summed E-state index contributed by atoms with van der Waals surface area (Å²) in [5.41, 5.74) is 0. The number of rotatable bonds is 4. The van der Waals surface area contributed by atoms with Crippen molar-refractivity contribution in [2.45, 2.75) is 25.4 Å². The van der Waals surface area contributed by atoms with Crippen LogP contribution in [0.25, 0.3) is 0 Å². The molecule has 0 aromatic carbocycles. The van der Waals surface area contributed by atoms with Gasteiger partial charge in [-0.25, -0.2) is 0 Å². The second-order valence-electron chi connectivity index (χ2n) is 5.29. The molecule has 2 saturated heterocycles. The van der Waals surface area contributed by atoms with Crippen molar-refractivity contribution >= 4 is 11.8 Å². The fourth-order valence-electron chi connectivity index (χ4n) is 2.70. The Morgan fingerprint density at radius 3 is 2.74 bits per heavy atom. The van der Waals surface area contributed by atoms with Gasteiger partial charge in [-0.1, -0.05) is 0 Å². The standard InChI is InChI=1S/C13H22N2O4/c1-19-7-6-15-9-10(8-12(15)17)13(18)14-4-2-11(16)3-5-14/h10-11,16H,2-9H2,1H3. The number of nitrogens with zero attached hydrogens (tertiary/aromatic N) is 2. The Balaban J connectivity index is 1.85. The number of hydrogen-bond donors (Lipinski definition) is 1. The number of carbonyl (C=O) groups excluding carboxylic acids is 2. The lowest BCUT2D eigenvalue weighted by Gasteiger charge is -2.31. The zero-order chi connectivity index (χ0) is 13.8. The van der Waals surface area contributed by atoms with Gasteiger partial charge >= 0.3 is 0 Å². The number of methoxy groups -OCH3 is 1. The van der Waals surface area contributed by atoms with Crippen molar-refractivity contribution in [1.82, 2.24) is 9.80 Å². The number of piperidine rings is 1. The van der Waals surface area contributed by atoms with E-state index >= 15 is 0 Å². The number of likely N-dealkylation sites (tertiary alicyclic amines) is 2. The number of ether oxygens (including phenoxy) is 1. The molecular weight excluding hydrogens is 248 g/mol. The first kappa shape index (κ1) is 14.3. The monoisotopic (exact) mass is 270 g/mol. The number of aliphatic hydroxyl groups excluding tert-OH is 1. The molecular formula is C13H22N2O4. The Bertz CT molecular complexity index is 340. The van der Waals surface area contributed by atoms with Crippen LogP contribution < -0.4 is 0 Å². The molecule has 2 aliphatic rings. The fourth-order valence-corrected chi connectivity index (χ4v) is 2.70. The van der Waals surface area contributed by atoms with E-state index in [1.165, 1.54) is 0 Å². The predicted molar refractivity (Wildman–Crippen MR) is 68.4 cm³/mol. The molecule has 1 atom stereocenters. The minimum atomic E-state index is -0.285. The van der Waals surface area contributed by atoms with Gasteiger partial charge in [0.05, 0.1) is 18.6 Å². The Morgan fingerprint density at radius 2 is 2.11 bits per heavy atom. The Kier molecular flexibility index (Phi) is 4.76. The highest BCUT2D eigenvalue weighted by molar-refractivity contribution is 5.89. The predicted octanol–water partition coefficient (Wildman–Crippen LogP) is -0.535. The second-order valence-corrected chi connectivity index (χ2v) is 5.29. The molecule has 0 saturated carbocycles. The van der Waals surface area contributed by atoms with Gasteiger partial charge in [0.1, 0.15) is 0 Å². The Morgan fingerprint density at radius 1 is 1.42 bits per heavy atom. The van der Waals surface area contributed by atoms with Crippen LogP contribution in [0.5, 0.6) is 0 Å². The van der Waals surface area contributed by atoms with Gasteiger partial charge < -0.3 is 19.6 Å². The van der Waals surface area contributed by atoms with Crippen molar-refractivity contribution in [2.24, 2.45) is 5.92 Å². The van der Waals surface area contributed by atoms with Gasteiger partial charge in [0, 0.05) is 39.7 Å². The van der Waals surface area contributed by atoms with Gasteiger partial charge in [-0.2, -0.15) is 0 Å². The molecule has 1 N–H and O–H groups in total. The van der Waals surface area contributed by atoms with Crippen LogP contribution in [0, 0.1) is 5.92 Å². The molecule has 0 bridgehead atoms. The molecule has 2 aliphatic heterocycles. The average Bonchev–Trinajstić information content (AvgIpc) is 2.78. The van der Waals surface area contributed by atoms with E-state index < -0.39 is 0 Å². The molecule has 0 aromatic rings. The molecule has 1 unspecified atom stereocenters. The lowest BCUT2D eigenvalue weighted by Crippen LogP contribution is -2.43. The quantitative estimate of drug-likeness (QED) is 0.745. The van der Waals surface area contributed by atoms with E-state index in [1.807, 2.05) is 0 Å². The minimum absolute atomic E-state index is 0.0347. The number of hydrogen-bond acceptors (Lipinski definition) is 4. The summed E-state index contributed by atoms with van der Waals surface area (Å²) in [6.45, 7) is 2.76. The Labute approximate surface area is 113 Å². The van der Waals surface area contributed by atoms with Gasteiger partial charge in [-0.05, 0) is 12.8 Å². The third kappa shape index (κ3) is 3.45. The number of amides is 2. The SMILES string of the molecule is COCCN1CC(C(=O)N2CCC(O)CC2)CC1=O. The average molecular weight is 270 g/mol.